The Balaban J connectivity index is 1.94. The molecule has 0 radical (unpaired) electrons. The zero-order valence-electron chi connectivity index (χ0n) is 10.0. The minimum atomic E-state index is 0.346. The minimum Gasteiger partial charge on any atom is -0.393 e. The zero-order valence-corrected chi connectivity index (χ0v) is 10.0. The van der Waals surface area contributed by atoms with Crippen LogP contribution in [0.5, 0.6) is 0 Å². The second-order valence-corrected chi connectivity index (χ2v) is 4.44. The first-order valence-corrected chi connectivity index (χ1v) is 5.93. The van der Waals surface area contributed by atoms with E-state index < -0.39 is 0 Å². The summed E-state index contributed by atoms with van der Waals surface area (Å²) < 4.78 is 0. The topological polar surface area (TPSA) is 81.1 Å². The van der Waals surface area contributed by atoms with Gasteiger partial charge in [-0.15, -0.1) is 0 Å². The van der Waals surface area contributed by atoms with Gasteiger partial charge in [0.15, 0.2) is 11.6 Å². The number of aromatic nitrogens is 2. The Morgan fingerprint density at radius 2 is 1.83 bits per heavy atom. The van der Waals surface area contributed by atoms with E-state index >= 15 is 0 Å². The predicted octanol–water partition coefficient (Wildman–Crippen LogP) is 1.20. The molecule has 1 aliphatic heterocycles. The Morgan fingerprint density at radius 1 is 1.06 bits per heavy atom. The molecule has 4 N–H and O–H groups in total. The smallest absolute Gasteiger partial charge is 0.157 e. The zero-order chi connectivity index (χ0) is 12.5. The number of nitrogen functional groups attached to an aromatic ring is 2. The third-order valence-electron chi connectivity index (χ3n) is 3.32. The molecule has 1 aliphatic rings. The molecule has 0 saturated carbocycles. The second-order valence-electron chi connectivity index (χ2n) is 4.44. The highest BCUT2D eigenvalue weighted by molar-refractivity contribution is 5.73. The van der Waals surface area contributed by atoms with Gasteiger partial charge in [-0.3, -0.25) is 0 Å². The van der Waals surface area contributed by atoms with Crippen molar-refractivity contribution in [2.45, 2.75) is 13.0 Å². The van der Waals surface area contributed by atoms with Crippen molar-refractivity contribution in [1.82, 2.24) is 9.97 Å². The molecule has 0 amide bonds. The molecule has 0 bridgehead atoms. The molecule has 5 heteroatoms. The first-order valence-electron chi connectivity index (χ1n) is 5.93. The Morgan fingerprint density at radius 3 is 2.67 bits per heavy atom. The van der Waals surface area contributed by atoms with Crippen molar-refractivity contribution >= 4 is 17.3 Å². The van der Waals surface area contributed by atoms with E-state index in [9.17, 15) is 0 Å². The summed E-state index contributed by atoms with van der Waals surface area (Å²) in [6, 6.07) is 8.44. The number of hydrogen-bond acceptors (Lipinski definition) is 5. The van der Waals surface area contributed by atoms with Crippen LogP contribution in [-0.2, 0) is 13.0 Å². The summed E-state index contributed by atoms with van der Waals surface area (Å²) in [5, 5.41) is 0. The Hall–Kier alpha value is -2.30. The number of fused-ring (bicyclic) bond motifs is 1. The van der Waals surface area contributed by atoms with Gasteiger partial charge in [-0.2, -0.15) is 0 Å². The van der Waals surface area contributed by atoms with Gasteiger partial charge in [-0.25, -0.2) is 9.97 Å². The molecule has 1 aromatic heterocycles. The summed E-state index contributed by atoms with van der Waals surface area (Å²) in [5.41, 5.74) is 14.8. The van der Waals surface area contributed by atoms with E-state index in [2.05, 4.69) is 39.1 Å². The number of anilines is 3. The maximum atomic E-state index is 5.94. The average Bonchev–Trinajstić information content (AvgIpc) is 2.41. The van der Waals surface area contributed by atoms with Crippen LogP contribution in [0.25, 0.3) is 0 Å². The molecule has 0 fully saturated rings. The van der Waals surface area contributed by atoms with E-state index in [0.29, 0.717) is 11.5 Å². The highest BCUT2D eigenvalue weighted by Gasteiger charge is 2.19. The summed E-state index contributed by atoms with van der Waals surface area (Å²) in [6.07, 6.45) is 2.46. The van der Waals surface area contributed by atoms with Gasteiger partial charge in [-0.1, -0.05) is 24.3 Å². The number of nitrogens with two attached hydrogens (primary N) is 2. The number of hydrogen-bond donors (Lipinski definition) is 2. The van der Waals surface area contributed by atoms with Crippen molar-refractivity contribution in [2.75, 3.05) is 22.9 Å². The van der Waals surface area contributed by atoms with E-state index in [1.807, 2.05) is 0 Å². The van der Waals surface area contributed by atoms with Gasteiger partial charge >= 0.3 is 0 Å². The number of benzene rings is 1. The molecule has 3 rings (SSSR count). The van der Waals surface area contributed by atoms with Gasteiger partial charge in [0.2, 0.25) is 0 Å². The van der Waals surface area contributed by atoms with Crippen molar-refractivity contribution in [2.24, 2.45) is 0 Å². The van der Waals surface area contributed by atoms with E-state index in [-0.39, 0.29) is 0 Å². The van der Waals surface area contributed by atoms with Crippen LogP contribution in [0, 0.1) is 0 Å². The monoisotopic (exact) mass is 241 g/mol. The van der Waals surface area contributed by atoms with Gasteiger partial charge in [0.05, 0.1) is 0 Å². The molecular weight excluding hydrogens is 226 g/mol. The molecule has 92 valence electrons. The third kappa shape index (κ3) is 1.73. The van der Waals surface area contributed by atoms with Crippen LogP contribution < -0.4 is 16.4 Å². The SMILES string of the molecule is Nc1ncnc(N2CCc3ccccc3C2)c1N. The molecule has 0 atom stereocenters. The van der Waals surface area contributed by atoms with E-state index in [1.54, 1.807) is 0 Å². The van der Waals surface area contributed by atoms with Gasteiger partial charge in [0.25, 0.3) is 0 Å². The largest absolute Gasteiger partial charge is 0.393 e. The lowest BCUT2D eigenvalue weighted by molar-refractivity contribution is 0.721. The molecule has 0 aliphatic carbocycles. The van der Waals surface area contributed by atoms with Crippen LogP contribution in [0.4, 0.5) is 17.3 Å². The van der Waals surface area contributed by atoms with Crippen molar-refractivity contribution in [1.29, 1.82) is 0 Å². The van der Waals surface area contributed by atoms with Crippen LogP contribution in [-0.4, -0.2) is 16.5 Å². The third-order valence-corrected chi connectivity index (χ3v) is 3.32. The van der Waals surface area contributed by atoms with Crippen molar-refractivity contribution in [3.63, 3.8) is 0 Å². The molecule has 0 unspecified atom stereocenters. The summed E-state index contributed by atoms with van der Waals surface area (Å²) in [7, 11) is 0. The maximum Gasteiger partial charge on any atom is 0.157 e. The molecule has 0 spiro atoms. The molecule has 1 aromatic carbocycles. The fourth-order valence-corrected chi connectivity index (χ4v) is 2.33. The van der Waals surface area contributed by atoms with E-state index in [0.717, 1.165) is 25.3 Å². The van der Waals surface area contributed by atoms with Crippen molar-refractivity contribution in [3.05, 3.63) is 41.7 Å². The quantitative estimate of drug-likeness (QED) is 0.784. The Bertz CT molecular complexity index is 581. The fourth-order valence-electron chi connectivity index (χ4n) is 2.33. The fraction of sp³-hybridized carbons (Fsp3) is 0.231. The first kappa shape index (κ1) is 10.8. The highest BCUT2D eigenvalue weighted by atomic mass is 15.2. The van der Waals surface area contributed by atoms with E-state index in [4.69, 9.17) is 11.5 Å². The van der Waals surface area contributed by atoms with Crippen LogP contribution in [0.3, 0.4) is 0 Å². The maximum absolute atomic E-state index is 5.94. The van der Waals surface area contributed by atoms with Crippen LogP contribution in [0.1, 0.15) is 11.1 Å². The second kappa shape index (κ2) is 4.18. The summed E-state index contributed by atoms with van der Waals surface area (Å²) in [5.74, 6) is 1.08. The van der Waals surface area contributed by atoms with Crippen LogP contribution >= 0.6 is 0 Å². The molecule has 18 heavy (non-hydrogen) atoms. The van der Waals surface area contributed by atoms with Gasteiger partial charge in [-0.05, 0) is 17.5 Å². The summed E-state index contributed by atoms with van der Waals surface area (Å²) in [6.45, 7) is 1.72. The molecule has 5 nitrogen and oxygen atoms in total. The van der Waals surface area contributed by atoms with E-state index in [1.165, 1.54) is 17.5 Å². The molecule has 2 heterocycles. The normalized spacial score (nSPS) is 14.3. The highest BCUT2D eigenvalue weighted by Crippen LogP contribution is 2.28. The first-order chi connectivity index (χ1) is 8.75. The van der Waals surface area contributed by atoms with Gasteiger partial charge in [0, 0.05) is 13.1 Å². The average molecular weight is 241 g/mol. The number of nitrogens with zero attached hydrogens (tertiary/aromatic N) is 3. The van der Waals surface area contributed by atoms with Gasteiger partial charge < -0.3 is 16.4 Å². The molecule has 0 saturated heterocycles. The summed E-state index contributed by atoms with van der Waals surface area (Å²) >= 11 is 0. The van der Waals surface area contributed by atoms with Crippen molar-refractivity contribution < 1.29 is 0 Å². The lowest BCUT2D eigenvalue weighted by Crippen LogP contribution is -2.31. The Kier molecular flexibility index (Phi) is 2.51. The van der Waals surface area contributed by atoms with Gasteiger partial charge in [0.1, 0.15) is 12.0 Å². The van der Waals surface area contributed by atoms with Crippen LogP contribution in [0.15, 0.2) is 30.6 Å². The standard InChI is InChI=1S/C13H15N5/c14-11-12(15)16-8-17-13(11)18-6-5-9-3-1-2-4-10(9)7-18/h1-4,8H,5-7,14H2,(H2,15,16,17). The van der Waals surface area contributed by atoms with Crippen LogP contribution in [0.2, 0.25) is 0 Å². The molecular formula is C13H15N5. The molecule has 2 aromatic rings. The number of rotatable bonds is 1. The summed E-state index contributed by atoms with van der Waals surface area (Å²) in [4.78, 5) is 10.3. The minimum absolute atomic E-state index is 0.346. The van der Waals surface area contributed by atoms with Crippen molar-refractivity contribution in [3.8, 4) is 0 Å². The lowest BCUT2D eigenvalue weighted by Gasteiger charge is -2.30. The lowest BCUT2D eigenvalue weighted by atomic mass is 10.00. The Labute approximate surface area is 105 Å². The predicted molar refractivity (Wildman–Crippen MR) is 72.1 cm³/mol.